The smallest absolute Gasteiger partial charge is 0.337 e. The highest BCUT2D eigenvalue weighted by molar-refractivity contribution is 5.95. The number of carbonyl (C=O) groups is 2. The molecule has 0 fully saturated rings. The molecule has 1 unspecified atom stereocenters. The van der Waals surface area contributed by atoms with Gasteiger partial charge in [0.1, 0.15) is 12.4 Å². The Morgan fingerprint density at radius 1 is 0.939 bits per heavy atom. The van der Waals surface area contributed by atoms with Crippen LogP contribution in [0.4, 0.5) is 4.79 Å². The molecule has 1 atom stereocenters. The quantitative estimate of drug-likeness (QED) is 0.524. The van der Waals surface area contributed by atoms with E-state index < -0.39 is 12.0 Å². The maximum Gasteiger partial charge on any atom is 0.337 e. The summed E-state index contributed by atoms with van der Waals surface area (Å²) in [5, 5.41) is 2.97. The molecular formula is C27H26N2O4. The Morgan fingerprint density at radius 2 is 1.61 bits per heavy atom. The fraction of sp³-hybridized carbons (Fsp3) is 0.185. The Hall–Kier alpha value is -4.06. The molecule has 0 saturated heterocycles. The highest BCUT2D eigenvalue weighted by Gasteiger charge is 2.36. The van der Waals surface area contributed by atoms with Gasteiger partial charge in [-0.2, -0.15) is 0 Å². The van der Waals surface area contributed by atoms with Crippen molar-refractivity contribution in [3.8, 4) is 5.75 Å². The fourth-order valence-corrected chi connectivity index (χ4v) is 3.89. The van der Waals surface area contributed by atoms with Crippen LogP contribution in [0.2, 0.25) is 0 Å². The lowest BCUT2D eigenvalue weighted by atomic mass is 9.94. The van der Waals surface area contributed by atoms with Gasteiger partial charge in [-0.15, -0.1) is 0 Å². The standard InChI is InChI=1S/C27H26N2O4/c1-19-24(26(30)32-2)25(28-27(31)29(19)17-20-10-5-3-6-11-20)22-14-9-15-23(16-22)33-18-21-12-7-4-8-13-21/h3-16,25H,17-18H2,1-2H3,(H,28,31). The largest absolute Gasteiger partial charge is 0.489 e. The van der Waals surface area contributed by atoms with Crippen molar-refractivity contribution in [2.24, 2.45) is 0 Å². The maximum absolute atomic E-state index is 13.0. The van der Waals surface area contributed by atoms with Gasteiger partial charge in [-0.3, -0.25) is 4.90 Å². The van der Waals surface area contributed by atoms with Crippen molar-refractivity contribution in [1.29, 1.82) is 0 Å². The van der Waals surface area contributed by atoms with Crippen molar-refractivity contribution in [3.63, 3.8) is 0 Å². The minimum atomic E-state index is -0.641. The van der Waals surface area contributed by atoms with E-state index >= 15 is 0 Å². The zero-order valence-electron chi connectivity index (χ0n) is 18.7. The lowest BCUT2D eigenvalue weighted by molar-refractivity contribution is -0.136. The van der Waals surface area contributed by atoms with E-state index in [2.05, 4.69) is 5.32 Å². The van der Waals surface area contributed by atoms with E-state index in [4.69, 9.17) is 9.47 Å². The molecule has 0 aliphatic carbocycles. The molecule has 6 nitrogen and oxygen atoms in total. The van der Waals surface area contributed by atoms with Gasteiger partial charge < -0.3 is 14.8 Å². The number of urea groups is 1. The average Bonchev–Trinajstić information content (AvgIpc) is 2.86. The summed E-state index contributed by atoms with van der Waals surface area (Å²) in [4.78, 5) is 27.4. The monoisotopic (exact) mass is 442 g/mol. The van der Waals surface area contributed by atoms with Gasteiger partial charge in [-0.25, -0.2) is 9.59 Å². The average molecular weight is 443 g/mol. The Morgan fingerprint density at radius 3 is 2.27 bits per heavy atom. The van der Waals surface area contributed by atoms with E-state index in [9.17, 15) is 9.59 Å². The third kappa shape index (κ3) is 5.06. The summed E-state index contributed by atoms with van der Waals surface area (Å²) in [5.41, 5.74) is 3.72. The number of rotatable bonds is 7. The third-order valence-electron chi connectivity index (χ3n) is 5.62. The number of nitrogens with one attached hydrogen (secondary N) is 1. The summed E-state index contributed by atoms with van der Waals surface area (Å²) >= 11 is 0. The highest BCUT2D eigenvalue weighted by atomic mass is 16.5. The molecular weight excluding hydrogens is 416 g/mol. The van der Waals surface area contributed by atoms with Gasteiger partial charge in [-0.1, -0.05) is 72.8 Å². The van der Waals surface area contributed by atoms with Crippen LogP contribution in [0.1, 0.15) is 29.7 Å². The number of amides is 2. The molecule has 1 aliphatic heterocycles. The predicted molar refractivity (Wildman–Crippen MR) is 125 cm³/mol. The van der Waals surface area contributed by atoms with Gasteiger partial charge in [0, 0.05) is 5.70 Å². The molecule has 0 bridgehead atoms. The van der Waals surface area contributed by atoms with Crippen LogP contribution in [0.15, 0.2) is 96.2 Å². The first-order valence-corrected chi connectivity index (χ1v) is 10.7. The molecule has 1 aliphatic rings. The van der Waals surface area contributed by atoms with Crippen molar-refractivity contribution >= 4 is 12.0 Å². The summed E-state index contributed by atoms with van der Waals surface area (Å²) < 4.78 is 11.0. The molecule has 0 spiro atoms. The number of ether oxygens (including phenoxy) is 2. The number of allylic oxidation sites excluding steroid dienone is 1. The fourth-order valence-electron chi connectivity index (χ4n) is 3.89. The summed E-state index contributed by atoms with van der Waals surface area (Å²) in [6, 6.07) is 26.0. The van der Waals surface area contributed by atoms with Crippen molar-refractivity contribution in [3.05, 3.63) is 113 Å². The Bertz CT molecular complexity index is 1160. The van der Waals surface area contributed by atoms with Crippen LogP contribution in [-0.2, 0) is 22.7 Å². The lowest BCUT2D eigenvalue weighted by Crippen LogP contribution is -2.47. The van der Waals surface area contributed by atoms with E-state index in [0.717, 1.165) is 16.7 Å². The molecule has 0 radical (unpaired) electrons. The van der Waals surface area contributed by atoms with E-state index in [-0.39, 0.29) is 6.03 Å². The van der Waals surface area contributed by atoms with Crippen LogP contribution < -0.4 is 10.1 Å². The molecule has 1 N–H and O–H groups in total. The molecule has 6 heteroatoms. The van der Waals surface area contributed by atoms with Crippen LogP contribution >= 0.6 is 0 Å². The van der Waals surface area contributed by atoms with E-state index in [1.54, 1.807) is 11.8 Å². The summed E-state index contributed by atoms with van der Waals surface area (Å²) in [7, 11) is 1.34. The molecule has 4 rings (SSSR count). The third-order valence-corrected chi connectivity index (χ3v) is 5.62. The molecule has 33 heavy (non-hydrogen) atoms. The number of nitrogens with zero attached hydrogens (tertiary/aromatic N) is 1. The number of hydrogen-bond donors (Lipinski definition) is 1. The molecule has 0 saturated carbocycles. The zero-order chi connectivity index (χ0) is 23.2. The second kappa shape index (κ2) is 10.0. The van der Waals surface area contributed by atoms with Gasteiger partial charge in [0.25, 0.3) is 0 Å². The van der Waals surface area contributed by atoms with Crippen LogP contribution in [-0.4, -0.2) is 24.0 Å². The first-order valence-electron chi connectivity index (χ1n) is 10.7. The SMILES string of the molecule is COC(=O)C1=C(C)N(Cc2ccccc2)C(=O)NC1c1cccc(OCc2ccccc2)c1. The minimum Gasteiger partial charge on any atom is -0.489 e. The first kappa shape index (κ1) is 22.1. The van der Waals surface area contributed by atoms with Gasteiger partial charge in [-0.05, 0) is 35.7 Å². The number of benzene rings is 3. The second-order valence-corrected chi connectivity index (χ2v) is 7.79. The van der Waals surface area contributed by atoms with Crippen molar-refractivity contribution in [2.45, 2.75) is 26.1 Å². The van der Waals surface area contributed by atoms with Crippen LogP contribution in [0.3, 0.4) is 0 Å². The topological polar surface area (TPSA) is 67.9 Å². The minimum absolute atomic E-state index is 0.274. The van der Waals surface area contributed by atoms with Crippen molar-refractivity contribution in [2.75, 3.05) is 7.11 Å². The predicted octanol–water partition coefficient (Wildman–Crippen LogP) is 4.98. The number of hydrogen-bond acceptors (Lipinski definition) is 4. The number of carbonyl (C=O) groups excluding carboxylic acids is 2. The van der Waals surface area contributed by atoms with Gasteiger partial charge >= 0.3 is 12.0 Å². The van der Waals surface area contributed by atoms with Crippen LogP contribution in [0.25, 0.3) is 0 Å². The van der Waals surface area contributed by atoms with Crippen molar-refractivity contribution < 1.29 is 19.1 Å². The molecule has 168 valence electrons. The normalized spacial score (nSPS) is 15.8. The Kier molecular flexibility index (Phi) is 6.74. The van der Waals surface area contributed by atoms with E-state index in [0.29, 0.717) is 30.2 Å². The summed E-state index contributed by atoms with van der Waals surface area (Å²) in [5.74, 6) is 0.172. The molecule has 1 heterocycles. The number of esters is 1. The molecule has 0 aromatic heterocycles. The van der Waals surface area contributed by atoms with E-state index in [1.807, 2.05) is 84.9 Å². The molecule has 3 aromatic carbocycles. The zero-order valence-corrected chi connectivity index (χ0v) is 18.7. The highest BCUT2D eigenvalue weighted by Crippen LogP contribution is 2.33. The van der Waals surface area contributed by atoms with Crippen LogP contribution in [0.5, 0.6) is 5.75 Å². The first-order chi connectivity index (χ1) is 16.1. The van der Waals surface area contributed by atoms with Gasteiger partial charge in [0.2, 0.25) is 0 Å². The molecule has 3 aromatic rings. The summed E-state index contributed by atoms with van der Waals surface area (Å²) in [6.45, 7) is 2.55. The number of methoxy groups -OCH3 is 1. The van der Waals surface area contributed by atoms with Gasteiger partial charge in [0.15, 0.2) is 0 Å². The molecule has 2 amide bonds. The second-order valence-electron chi connectivity index (χ2n) is 7.79. The van der Waals surface area contributed by atoms with E-state index in [1.165, 1.54) is 7.11 Å². The lowest BCUT2D eigenvalue weighted by Gasteiger charge is -2.35. The Labute approximate surface area is 193 Å². The summed E-state index contributed by atoms with van der Waals surface area (Å²) in [6.07, 6.45) is 0. The maximum atomic E-state index is 13.0. The van der Waals surface area contributed by atoms with Gasteiger partial charge in [0.05, 0.1) is 25.3 Å². The Balaban J connectivity index is 1.62. The van der Waals surface area contributed by atoms with Crippen molar-refractivity contribution in [1.82, 2.24) is 10.2 Å². The van der Waals surface area contributed by atoms with Crippen LogP contribution in [0, 0.1) is 0 Å².